The molecule has 0 saturated carbocycles. The Morgan fingerprint density at radius 1 is 1.07 bits per heavy atom. The maximum atomic E-state index is 11.2. The van der Waals surface area contributed by atoms with E-state index < -0.39 is 12.1 Å². The third kappa shape index (κ3) is 3.98. The second-order valence-electron chi connectivity index (χ2n) is 6.71. The molecule has 0 spiro atoms. The smallest absolute Gasteiger partial charge is 0.333 e. The summed E-state index contributed by atoms with van der Waals surface area (Å²) in [5.41, 5.74) is 3.97. The fourth-order valence-electron chi connectivity index (χ4n) is 3.48. The van der Waals surface area contributed by atoms with Gasteiger partial charge in [0.25, 0.3) is 0 Å². The van der Waals surface area contributed by atoms with E-state index in [1.807, 2.05) is 36.4 Å². The molecule has 4 rings (SSSR count). The number of ether oxygens (including phenoxy) is 2. The van der Waals surface area contributed by atoms with Crippen LogP contribution < -0.4 is 4.74 Å². The summed E-state index contributed by atoms with van der Waals surface area (Å²) in [6.07, 6.45) is 5.63. The van der Waals surface area contributed by atoms with Crippen LogP contribution in [0.4, 0.5) is 0 Å². The Balaban J connectivity index is 1.33. The lowest BCUT2D eigenvalue weighted by Gasteiger charge is -2.12. The maximum Gasteiger partial charge on any atom is 0.333 e. The predicted octanol–water partition coefficient (Wildman–Crippen LogP) is 4.79. The van der Waals surface area contributed by atoms with Gasteiger partial charge in [-0.05, 0) is 36.8 Å². The zero-order valence-corrected chi connectivity index (χ0v) is 16.1. The molecule has 1 aromatic carbocycles. The number of hydrogen-bond donors (Lipinski definition) is 1. The molecular weight excluding hydrogens is 372 g/mol. The minimum Gasteiger partial charge on any atom is -0.493 e. The summed E-state index contributed by atoms with van der Waals surface area (Å²) < 4.78 is 22.3. The quantitative estimate of drug-likeness (QED) is 0.411. The first-order chi connectivity index (χ1) is 14.2. The third-order valence-corrected chi connectivity index (χ3v) is 4.83. The van der Waals surface area contributed by atoms with Crippen LogP contribution in [0.1, 0.15) is 30.4 Å². The summed E-state index contributed by atoms with van der Waals surface area (Å²) >= 11 is 0. The molecule has 1 aliphatic carbocycles. The highest BCUT2D eigenvalue weighted by Gasteiger charge is 2.29. The van der Waals surface area contributed by atoms with Crippen LogP contribution in [0.25, 0.3) is 16.7 Å². The van der Waals surface area contributed by atoms with E-state index in [1.165, 1.54) is 0 Å². The lowest BCUT2D eigenvalue weighted by Crippen LogP contribution is -2.26. The molecule has 1 atom stereocenters. The van der Waals surface area contributed by atoms with Gasteiger partial charge < -0.3 is 23.4 Å². The average Bonchev–Trinajstić information content (AvgIpc) is 3.41. The predicted molar refractivity (Wildman–Crippen MR) is 107 cm³/mol. The van der Waals surface area contributed by atoms with Gasteiger partial charge in [-0.25, -0.2) is 4.79 Å². The number of rotatable bonds is 9. The minimum atomic E-state index is -0.952. The van der Waals surface area contributed by atoms with Crippen molar-refractivity contribution in [2.75, 3.05) is 13.2 Å². The van der Waals surface area contributed by atoms with Crippen LogP contribution in [0.15, 0.2) is 63.8 Å². The molecule has 1 aliphatic rings. The number of benzene rings is 1. The van der Waals surface area contributed by atoms with Gasteiger partial charge in [0.15, 0.2) is 6.10 Å². The van der Waals surface area contributed by atoms with Crippen LogP contribution in [-0.4, -0.2) is 30.4 Å². The molecule has 29 heavy (non-hydrogen) atoms. The van der Waals surface area contributed by atoms with Gasteiger partial charge in [-0.3, -0.25) is 0 Å². The van der Waals surface area contributed by atoms with Gasteiger partial charge in [0.1, 0.15) is 17.3 Å². The fraction of sp³-hybridized carbons (Fsp3) is 0.261. The largest absolute Gasteiger partial charge is 0.493 e. The SMILES string of the molecule is CCOC(Cc1ccc(OCCC=C2c3occc3-c3ccoc32)cc1)C(=O)O. The summed E-state index contributed by atoms with van der Waals surface area (Å²) in [4.78, 5) is 11.2. The van der Waals surface area contributed by atoms with Crippen molar-refractivity contribution in [1.29, 1.82) is 0 Å². The molecule has 2 heterocycles. The summed E-state index contributed by atoms with van der Waals surface area (Å²) in [5, 5.41) is 9.18. The minimum absolute atomic E-state index is 0.326. The van der Waals surface area contributed by atoms with Crippen LogP contribution in [0.5, 0.6) is 5.75 Å². The summed E-state index contributed by atoms with van der Waals surface area (Å²) in [5.74, 6) is 1.46. The van der Waals surface area contributed by atoms with Gasteiger partial charge in [0, 0.05) is 30.6 Å². The first-order valence-electron chi connectivity index (χ1n) is 9.59. The van der Waals surface area contributed by atoms with Gasteiger partial charge in [0.05, 0.1) is 24.7 Å². The van der Waals surface area contributed by atoms with Crippen molar-refractivity contribution in [3.05, 3.63) is 72.1 Å². The number of hydrogen-bond acceptors (Lipinski definition) is 5. The van der Waals surface area contributed by atoms with Crippen LogP contribution >= 0.6 is 0 Å². The van der Waals surface area contributed by atoms with Crippen molar-refractivity contribution in [2.24, 2.45) is 0 Å². The van der Waals surface area contributed by atoms with Crippen LogP contribution in [-0.2, 0) is 16.0 Å². The molecule has 0 saturated heterocycles. The van der Waals surface area contributed by atoms with E-state index in [4.69, 9.17) is 18.3 Å². The number of furan rings is 2. The standard InChI is InChI=1S/C23H22O6/c1-2-26-20(23(24)25)14-15-5-7-16(8-6-15)27-11-3-4-19-21-17(9-12-28-21)18-10-13-29-22(18)19/h4-10,12-13,20H,2-3,11,14H2,1H3,(H,24,25). The van der Waals surface area contributed by atoms with Gasteiger partial charge in [-0.15, -0.1) is 0 Å². The molecular formula is C23H22O6. The summed E-state index contributed by atoms with van der Waals surface area (Å²) in [6, 6.07) is 11.3. The number of fused-ring (bicyclic) bond motifs is 3. The zero-order valence-electron chi connectivity index (χ0n) is 16.1. The highest BCUT2D eigenvalue weighted by molar-refractivity contribution is 5.97. The summed E-state index contributed by atoms with van der Waals surface area (Å²) in [6.45, 7) is 2.66. The monoisotopic (exact) mass is 394 g/mol. The Bertz CT molecular complexity index is 966. The van der Waals surface area contributed by atoms with E-state index in [0.717, 1.165) is 39.5 Å². The molecule has 1 unspecified atom stereocenters. The van der Waals surface area contributed by atoms with E-state index in [0.29, 0.717) is 26.1 Å². The molecule has 150 valence electrons. The summed E-state index contributed by atoms with van der Waals surface area (Å²) in [7, 11) is 0. The second kappa shape index (κ2) is 8.41. The zero-order chi connectivity index (χ0) is 20.2. The molecule has 1 N–H and O–H groups in total. The molecule has 0 amide bonds. The maximum absolute atomic E-state index is 11.2. The number of carboxylic acid groups (broad SMARTS) is 1. The normalized spacial score (nSPS) is 13.1. The Morgan fingerprint density at radius 2 is 1.72 bits per heavy atom. The van der Waals surface area contributed by atoms with Crippen molar-refractivity contribution in [3.63, 3.8) is 0 Å². The molecule has 3 aromatic rings. The van der Waals surface area contributed by atoms with Crippen LogP contribution in [0.3, 0.4) is 0 Å². The Hall–Kier alpha value is -3.25. The Labute approximate surface area is 168 Å². The first kappa shape index (κ1) is 19.1. The number of carbonyl (C=O) groups is 1. The van der Waals surface area contributed by atoms with Gasteiger partial charge >= 0.3 is 5.97 Å². The van der Waals surface area contributed by atoms with Crippen molar-refractivity contribution in [1.82, 2.24) is 0 Å². The number of carboxylic acids is 1. The van der Waals surface area contributed by atoms with Crippen molar-refractivity contribution in [2.45, 2.75) is 25.9 Å². The van der Waals surface area contributed by atoms with Gasteiger partial charge in [-0.2, -0.15) is 0 Å². The molecule has 0 aliphatic heterocycles. The molecule has 6 heteroatoms. The molecule has 2 aromatic heterocycles. The molecule has 6 nitrogen and oxygen atoms in total. The first-order valence-corrected chi connectivity index (χ1v) is 9.59. The van der Waals surface area contributed by atoms with Gasteiger partial charge in [-0.1, -0.05) is 18.2 Å². The third-order valence-electron chi connectivity index (χ3n) is 4.83. The Kier molecular flexibility index (Phi) is 5.53. The van der Waals surface area contributed by atoms with Crippen molar-refractivity contribution in [3.8, 4) is 16.9 Å². The average molecular weight is 394 g/mol. The van der Waals surface area contributed by atoms with E-state index in [-0.39, 0.29) is 0 Å². The fourth-order valence-corrected chi connectivity index (χ4v) is 3.48. The lowest BCUT2D eigenvalue weighted by molar-refractivity contribution is -0.149. The van der Waals surface area contributed by atoms with Gasteiger partial charge in [0.2, 0.25) is 0 Å². The highest BCUT2D eigenvalue weighted by Crippen LogP contribution is 2.45. The van der Waals surface area contributed by atoms with E-state index in [9.17, 15) is 9.90 Å². The topological polar surface area (TPSA) is 82.0 Å². The molecule has 0 bridgehead atoms. The van der Waals surface area contributed by atoms with Crippen molar-refractivity contribution < 1.29 is 28.2 Å². The van der Waals surface area contributed by atoms with E-state index in [1.54, 1.807) is 19.5 Å². The molecule has 0 radical (unpaired) electrons. The second-order valence-corrected chi connectivity index (χ2v) is 6.71. The van der Waals surface area contributed by atoms with Crippen LogP contribution in [0, 0.1) is 0 Å². The highest BCUT2D eigenvalue weighted by atomic mass is 16.5. The van der Waals surface area contributed by atoms with E-state index >= 15 is 0 Å². The number of aliphatic carboxylic acids is 1. The lowest BCUT2D eigenvalue weighted by atomic mass is 10.1. The van der Waals surface area contributed by atoms with Crippen molar-refractivity contribution >= 4 is 11.5 Å². The Morgan fingerprint density at radius 3 is 2.31 bits per heavy atom. The van der Waals surface area contributed by atoms with E-state index in [2.05, 4.69) is 6.08 Å². The molecule has 0 fully saturated rings. The van der Waals surface area contributed by atoms with Crippen LogP contribution in [0.2, 0.25) is 0 Å².